The molecule has 25 heavy (non-hydrogen) atoms. The molecule has 1 atom stereocenters. The summed E-state index contributed by atoms with van der Waals surface area (Å²) in [5.41, 5.74) is -0.873. The summed E-state index contributed by atoms with van der Waals surface area (Å²) in [6.07, 6.45) is 1.43. The number of benzene rings is 1. The molecule has 134 valence electrons. The van der Waals surface area contributed by atoms with Crippen molar-refractivity contribution >= 4 is 17.3 Å². The van der Waals surface area contributed by atoms with Crippen molar-refractivity contribution in [1.29, 1.82) is 0 Å². The van der Waals surface area contributed by atoms with Crippen LogP contribution in [0.15, 0.2) is 16.7 Å². The summed E-state index contributed by atoms with van der Waals surface area (Å²) in [6, 6.07) is 1.47. The van der Waals surface area contributed by atoms with E-state index < -0.39 is 22.2 Å². The predicted molar refractivity (Wildman–Crippen MR) is 85.8 cm³/mol. The molecule has 0 saturated carbocycles. The zero-order chi connectivity index (χ0) is 18.1. The molecule has 10 heteroatoms. The molecule has 1 aliphatic heterocycles. The quantitative estimate of drug-likeness (QED) is 0.617. The third-order valence-electron chi connectivity index (χ3n) is 4.13. The fourth-order valence-electron chi connectivity index (χ4n) is 2.92. The van der Waals surface area contributed by atoms with E-state index in [0.29, 0.717) is 31.3 Å². The van der Waals surface area contributed by atoms with E-state index in [0.717, 1.165) is 18.6 Å². The van der Waals surface area contributed by atoms with E-state index in [1.54, 1.807) is 19.0 Å². The van der Waals surface area contributed by atoms with Gasteiger partial charge in [0, 0.05) is 27.2 Å². The topological polar surface area (TPSA) is 88.5 Å². The smallest absolute Gasteiger partial charge is 0.275 e. The van der Waals surface area contributed by atoms with Crippen LogP contribution >= 0.6 is 0 Å². The molecule has 1 saturated heterocycles. The number of rotatable bonds is 4. The van der Waals surface area contributed by atoms with Crippen molar-refractivity contribution < 1.29 is 18.2 Å². The Bertz CT molecular complexity index is 772. The lowest BCUT2D eigenvalue weighted by Gasteiger charge is -2.33. The van der Waals surface area contributed by atoms with Gasteiger partial charge < -0.3 is 14.3 Å². The Kier molecular flexibility index (Phi) is 4.51. The largest absolute Gasteiger partial charge is 0.366 e. The Balaban J connectivity index is 1.85. The molecule has 0 amide bonds. The van der Waals surface area contributed by atoms with Gasteiger partial charge in [-0.25, -0.2) is 8.78 Å². The summed E-state index contributed by atoms with van der Waals surface area (Å²) >= 11 is 0. The van der Waals surface area contributed by atoms with Crippen LogP contribution in [0.1, 0.15) is 24.7 Å². The van der Waals surface area contributed by atoms with Gasteiger partial charge in [-0.15, -0.1) is 0 Å². The summed E-state index contributed by atoms with van der Waals surface area (Å²) in [4.78, 5) is 17.4. The first-order valence-corrected chi connectivity index (χ1v) is 7.76. The van der Waals surface area contributed by atoms with E-state index >= 15 is 0 Å². The minimum Gasteiger partial charge on any atom is -0.366 e. The molecule has 0 radical (unpaired) electrons. The molecular formula is C15H17F2N5O3. The van der Waals surface area contributed by atoms with Crippen molar-refractivity contribution in [3.63, 3.8) is 0 Å². The Morgan fingerprint density at radius 1 is 1.36 bits per heavy atom. The van der Waals surface area contributed by atoms with E-state index in [4.69, 9.17) is 4.52 Å². The molecule has 0 aliphatic carbocycles. The predicted octanol–water partition coefficient (Wildman–Crippen LogP) is 2.71. The lowest BCUT2D eigenvalue weighted by Crippen LogP contribution is -2.35. The van der Waals surface area contributed by atoms with Crippen LogP contribution < -0.4 is 9.80 Å². The van der Waals surface area contributed by atoms with Gasteiger partial charge in [0.2, 0.25) is 5.89 Å². The third kappa shape index (κ3) is 3.37. The molecule has 1 aromatic carbocycles. The first-order chi connectivity index (χ1) is 11.9. The lowest BCUT2D eigenvalue weighted by molar-refractivity contribution is -0.385. The number of halogens is 2. The number of non-ortho nitro benzene ring substituents is 1. The molecular weight excluding hydrogens is 336 g/mol. The number of anilines is 2. The zero-order valence-electron chi connectivity index (χ0n) is 13.8. The molecule has 1 unspecified atom stereocenters. The van der Waals surface area contributed by atoms with Gasteiger partial charge in [0.15, 0.2) is 11.6 Å². The van der Waals surface area contributed by atoms with Crippen molar-refractivity contribution in [2.45, 2.75) is 18.8 Å². The summed E-state index contributed by atoms with van der Waals surface area (Å²) in [5.74, 6) is -1.22. The average molecular weight is 353 g/mol. The van der Waals surface area contributed by atoms with Crippen LogP contribution in [0.4, 0.5) is 26.1 Å². The summed E-state index contributed by atoms with van der Waals surface area (Å²) in [5, 5.41) is 14.6. The number of nitro groups is 1. The zero-order valence-corrected chi connectivity index (χ0v) is 13.8. The Morgan fingerprint density at radius 2 is 2.04 bits per heavy atom. The summed E-state index contributed by atoms with van der Waals surface area (Å²) in [7, 11) is 3.56. The van der Waals surface area contributed by atoms with Crippen molar-refractivity contribution in [1.82, 2.24) is 10.1 Å². The van der Waals surface area contributed by atoms with Gasteiger partial charge in [-0.1, -0.05) is 0 Å². The Labute approximate surface area is 142 Å². The molecule has 0 bridgehead atoms. The molecule has 3 rings (SSSR count). The second-order valence-electron chi connectivity index (χ2n) is 6.13. The van der Waals surface area contributed by atoms with Crippen LogP contribution in [-0.4, -0.2) is 42.2 Å². The highest BCUT2D eigenvalue weighted by atomic mass is 19.1. The third-order valence-corrected chi connectivity index (χ3v) is 4.13. The van der Waals surface area contributed by atoms with Crippen LogP contribution in [0.2, 0.25) is 0 Å². The van der Waals surface area contributed by atoms with E-state index in [-0.39, 0.29) is 11.6 Å². The SMILES string of the molecule is CN(C)c1noc(C2CCCN(c3c(F)cc([N+](=O)[O-])cc3F)C2)n1. The van der Waals surface area contributed by atoms with Crippen molar-refractivity contribution in [3.05, 3.63) is 39.8 Å². The Morgan fingerprint density at radius 3 is 2.60 bits per heavy atom. The fraction of sp³-hybridized carbons (Fsp3) is 0.467. The van der Waals surface area contributed by atoms with Crippen molar-refractivity contribution in [3.8, 4) is 0 Å². The minimum atomic E-state index is -0.952. The van der Waals surface area contributed by atoms with E-state index in [2.05, 4.69) is 10.1 Å². The number of aromatic nitrogens is 2. The molecule has 0 spiro atoms. The van der Waals surface area contributed by atoms with Gasteiger partial charge >= 0.3 is 0 Å². The van der Waals surface area contributed by atoms with Gasteiger partial charge in [-0.2, -0.15) is 4.98 Å². The second-order valence-corrected chi connectivity index (χ2v) is 6.13. The number of hydrogen-bond donors (Lipinski definition) is 0. The molecule has 2 heterocycles. The van der Waals surface area contributed by atoms with Crippen LogP contribution in [0.25, 0.3) is 0 Å². The van der Waals surface area contributed by atoms with Crippen LogP contribution in [-0.2, 0) is 0 Å². The van der Waals surface area contributed by atoms with E-state index in [9.17, 15) is 18.9 Å². The standard InChI is InChI=1S/C15H17F2N5O3/c1-20(2)15-18-14(25-19-15)9-4-3-5-21(8-9)13-11(16)6-10(22(23)24)7-12(13)17/h6-7,9H,3-5,8H2,1-2H3. The van der Waals surface area contributed by atoms with Crippen LogP contribution in [0, 0.1) is 21.7 Å². The molecule has 1 aliphatic rings. The summed E-state index contributed by atoms with van der Waals surface area (Å²) in [6.45, 7) is 0.734. The lowest BCUT2D eigenvalue weighted by atomic mass is 9.97. The molecule has 1 aromatic heterocycles. The molecule has 1 fully saturated rings. The molecule has 2 aromatic rings. The first kappa shape index (κ1) is 17.1. The fourth-order valence-corrected chi connectivity index (χ4v) is 2.92. The second kappa shape index (κ2) is 6.61. The molecule has 8 nitrogen and oxygen atoms in total. The normalized spacial score (nSPS) is 17.6. The monoisotopic (exact) mass is 353 g/mol. The highest BCUT2D eigenvalue weighted by molar-refractivity contribution is 5.54. The van der Waals surface area contributed by atoms with Gasteiger partial charge in [-0.05, 0) is 18.0 Å². The van der Waals surface area contributed by atoms with Gasteiger partial charge in [-0.3, -0.25) is 10.1 Å². The number of piperidine rings is 1. The van der Waals surface area contributed by atoms with Crippen LogP contribution in [0.5, 0.6) is 0 Å². The van der Waals surface area contributed by atoms with Gasteiger partial charge in [0.25, 0.3) is 11.6 Å². The number of nitrogens with zero attached hydrogens (tertiary/aromatic N) is 5. The van der Waals surface area contributed by atoms with Crippen LogP contribution in [0.3, 0.4) is 0 Å². The van der Waals surface area contributed by atoms with E-state index in [1.807, 2.05) is 0 Å². The Hall–Kier alpha value is -2.78. The summed E-state index contributed by atoms with van der Waals surface area (Å²) < 4.78 is 33.8. The van der Waals surface area contributed by atoms with Gasteiger partial charge in [0.05, 0.1) is 23.0 Å². The van der Waals surface area contributed by atoms with Crippen molar-refractivity contribution in [2.75, 3.05) is 37.0 Å². The number of hydrogen-bond acceptors (Lipinski definition) is 7. The first-order valence-electron chi connectivity index (χ1n) is 7.76. The van der Waals surface area contributed by atoms with E-state index in [1.165, 1.54) is 4.90 Å². The average Bonchev–Trinajstić information content (AvgIpc) is 3.04. The number of nitro benzene ring substituents is 1. The maximum absolute atomic E-state index is 14.3. The highest BCUT2D eigenvalue weighted by Gasteiger charge is 2.30. The van der Waals surface area contributed by atoms with Gasteiger partial charge in [0.1, 0.15) is 5.69 Å². The minimum absolute atomic E-state index is 0.163. The maximum atomic E-state index is 14.3. The molecule has 0 N–H and O–H groups in total. The highest BCUT2D eigenvalue weighted by Crippen LogP contribution is 2.34. The maximum Gasteiger partial charge on any atom is 0.275 e. The van der Waals surface area contributed by atoms with Crippen molar-refractivity contribution in [2.24, 2.45) is 0 Å².